The predicted octanol–water partition coefficient (Wildman–Crippen LogP) is 2.17. The van der Waals surface area contributed by atoms with Crippen molar-refractivity contribution in [2.45, 2.75) is 30.7 Å². The van der Waals surface area contributed by atoms with Crippen molar-refractivity contribution in [1.82, 2.24) is 10.2 Å². The largest absolute Gasteiger partial charge is 0.359 e. The number of hydrogen-bond donors (Lipinski definition) is 1. The molecule has 5 nitrogen and oxygen atoms in total. The first-order valence-electron chi connectivity index (χ1n) is 7.31. The third kappa shape index (κ3) is 8.52. The molecule has 6 heteroatoms. The predicted molar refractivity (Wildman–Crippen MR) is 95.2 cm³/mol. The highest BCUT2D eigenvalue weighted by Crippen LogP contribution is 2.17. The van der Waals surface area contributed by atoms with Crippen molar-refractivity contribution in [1.29, 1.82) is 0 Å². The number of nitrogens with zero attached hydrogens (tertiary/aromatic N) is 1. The number of carbonyl (C=O) groups is 3. The van der Waals surface area contributed by atoms with Gasteiger partial charge in [-0.2, -0.15) is 0 Å². The Morgan fingerprint density at radius 2 is 2.00 bits per heavy atom. The van der Waals surface area contributed by atoms with Crippen molar-refractivity contribution < 1.29 is 14.4 Å². The lowest BCUT2D eigenvalue weighted by molar-refractivity contribution is -0.121. The maximum Gasteiger partial charge on any atom is 0.219 e. The number of carbonyl (C=O) groups excluding carboxylic acids is 3. The molecular formula is C17H26N2O3S. The molecule has 1 N–H and O–H groups in total. The highest BCUT2D eigenvalue weighted by molar-refractivity contribution is 7.98. The van der Waals surface area contributed by atoms with Crippen LogP contribution in [0.5, 0.6) is 0 Å². The molecule has 128 valence electrons. The maximum absolute atomic E-state index is 10.8. The summed E-state index contributed by atoms with van der Waals surface area (Å²) >= 11 is 1.69. The normalized spacial score (nSPS) is 11.2. The van der Waals surface area contributed by atoms with Crippen LogP contribution >= 0.6 is 11.8 Å². The molecular weight excluding hydrogens is 312 g/mol. The minimum absolute atomic E-state index is 0.0244. The molecule has 0 saturated heterocycles. The van der Waals surface area contributed by atoms with Crippen LogP contribution in [0.25, 0.3) is 0 Å². The van der Waals surface area contributed by atoms with Crippen LogP contribution in [0.3, 0.4) is 0 Å². The van der Waals surface area contributed by atoms with Crippen LogP contribution in [0, 0.1) is 6.92 Å². The molecule has 0 spiro atoms. The van der Waals surface area contributed by atoms with Gasteiger partial charge in [0.2, 0.25) is 5.91 Å². The summed E-state index contributed by atoms with van der Waals surface area (Å²) in [7, 11) is 5.24. The standard InChI is InChI=1S/C9H10OS.C8H16N2O2/c1-7-5-9(11-2)4-3-8(7)6-10;1-9-8(12)5-4-7(6-11)10(2)3/h3-6H,1-2H3;6-7H,4-5H2,1-3H3,(H,9,12). The Hall–Kier alpha value is -1.66. The molecule has 0 bridgehead atoms. The Kier molecular flexibility index (Phi) is 11.0. The van der Waals surface area contributed by atoms with Crippen LogP contribution < -0.4 is 5.32 Å². The average molecular weight is 338 g/mol. The Balaban J connectivity index is 0.000000422. The Morgan fingerprint density at radius 3 is 2.39 bits per heavy atom. The number of thioether (sulfide) groups is 1. The van der Waals surface area contributed by atoms with Gasteiger partial charge >= 0.3 is 0 Å². The Labute approximate surface area is 142 Å². The summed E-state index contributed by atoms with van der Waals surface area (Å²) in [5, 5.41) is 2.51. The minimum Gasteiger partial charge on any atom is -0.359 e. The minimum atomic E-state index is -0.151. The van der Waals surface area contributed by atoms with Gasteiger partial charge in [-0.05, 0) is 51.4 Å². The lowest BCUT2D eigenvalue weighted by Gasteiger charge is -2.17. The summed E-state index contributed by atoms with van der Waals surface area (Å²) in [6.45, 7) is 1.95. The van der Waals surface area contributed by atoms with Gasteiger partial charge in [-0.25, -0.2) is 0 Å². The van der Waals surface area contributed by atoms with Gasteiger partial charge in [0.15, 0.2) is 0 Å². The smallest absolute Gasteiger partial charge is 0.219 e. The summed E-state index contributed by atoms with van der Waals surface area (Å²) in [6, 6.07) is 5.69. The van der Waals surface area contributed by atoms with Crippen LogP contribution in [0.2, 0.25) is 0 Å². The Bertz CT molecular complexity index is 519. The van der Waals surface area contributed by atoms with Gasteiger partial charge in [-0.15, -0.1) is 11.8 Å². The summed E-state index contributed by atoms with van der Waals surface area (Å²) in [4.78, 5) is 34.7. The average Bonchev–Trinajstić information content (AvgIpc) is 2.55. The van der Waals surface area contributed by atoms with Crippen LogP contribution in [0.1, 0.15) is 28.8 Å². The monoisotopic (exact) mass is 338 g/mol. The van der Waals surface area contributed by atoms with Crippen molar-refractivity contribution in [2.24, 2.45) is 0 Å². The highest BCUT2D eigenvalue weighted by atomic mass is 32.2. The second-order valence-corrected chi connectivity index (χ2v) is 6.10. The van der Waals surface area contributed by atoms with Crippen molar-refractivity contribution in [3.05, 3.63) is 29.3 Å². The molecule has 1 rings (SSSR count). The topological polar surface area (TPSA) is 66.5 Å². The SMILES string of the molecule is CNC(=O)CCC(C=O)N(C)C.CSc1ccc(C=O)c(C)c1. The van der Waals surface area contributed by atoms with Gasteiger partial charge in [0.05, 0.1) is 6.04 Å². The molecule has 0 aliphatic rings. The fraction of sp³-hybridized carbons (Fsp3) is 0.471. The quantitative estimate of drug-likeness (QED) is 0.610. The lowest BCUT2D eigenvalue weighted by atomic mass is 10.1. The lowest BCUT2D eigenvalue weighted by Crippen LogP contribution is -2.31. The number of aldehydes is 2. The molecule has 0 heterocycles. The number of likely N-dealkylation sites (N-methyl/N-ethyl adjacent to an activating group) is 1. The van der Waals surface area contributed by atoms with Gasteiger partial charge in [-0.1, -0.05) is 6.07 Å². The van der Waals surface area contributed by atoms with E-state index in [1.54, 1.807) is 23.7 Å². The fourth-order valence-electron chi connectivity index (χ4n) is 1.76. The van der Waals surface area contributed by atoms with Gasteiger partial charge in [-0.3, -0.25) is 14.5 Å². The van der Waals surface area contributed by atoms with Crippen molar-refractivity contribution in [2.75, 3.05) is 27.4 Å². The molecule has 1 unspecified atom stereocenters. The zero-order valence-electron chi connectivity index (χ0n) is 14.5. The van der Waals surface area contributed by atoms with E-state index >= 15 is 0 Å². The number of amides is 1. The summed E-state index contributed by atoms with van der Waals surface area (Å²) in [6.07, 6.45) is 4.76. The summed E-state index contributed by atoms with van der Waals surface area (Å²) < 4.78 is 0. The number of rotatable bonds is 7. The van der Waals surface area contributed by atoms with Crippen LogP contribution in [-0.2, 0) is 9.59 Å². The first-order valence-corrected chi connectivity index (χ1v) is 8.54. The number of hydrogen-bond acceptors (Lipinski definition) is 5. The van der Waals surface area contributed by atoms with E-state index in [-0.39, 0.29) is 11.9 Å². The molecule has 1 amide bonds. The van der Waals surface area contributed by atoms with Crippen LogP contribution in [0.15, 0.2) is 23.1 Å². The van der Waals surface area contributed by atoms with Gasteiger partial charge in [0.25, 0.3) is 0 Å². The third-order valence-corrected chi connectivity index (χ3v) is 4.10. The molecule has 0 aromatic heterocycles. The molecule has 0 aliphatic carbocycles. The molecule has 0 fully saturated rings. The van der Waals surface area contributed by atoms with Gasteiger partial charge in [0, 0.05) is 23.9 Å². The van der Waals surface area contributed by atoms with E-state index in [1.165, 1.54) is 4.90 Å². The fourth-order valence-corrected chi connectivity index (χ4v) is 2.26. The van der Waals surface area contributed by atoms with E-state index in [0.29, 0.717) is 12.8 Å². The zero-order chi connectivity index (χ0) is 17.8. The Morgan fingerprint density at radius 1 is 1.35 bits per heavy atom. The molecule has 0 aliphatic heterocycles. The molecule has 23 heavy (non-hydrogen) atoms. The van der Waals surface area contributed by atoms with Crippen molar-refractivity contribution in [3.8, 4) is 0 Å². The summed E-state index contributed by atoms with van der Waals surface area (Å²) in [5.41, 5.74) is 1.83. The van der Waals surface area contributed by atoms with Gasteiger partial charge < -0.3 is 10.1 Å². The van der Waals surface area contributed by atoms with E-state index in [4.69, 9.17) is 0 Å². The first kappa shape index (κ1) is 21.3. The van der Waals surface area contributed by atoms with Crippen molar-refractivity contribution in [3.63, 3.8) is 0 Å². The molecule has 0 radical (unpaired) electrons. The maximum atomic E-state index is 10.8. The number of benzene rings is 1. The summed E-state index contributed by atoms with van der Waals surface area (Å²) in [5.74, 6) is -0.0244. The number of nitrogens with one attached hydrogen (secondary N) is 1. The van der Waals surface area contributed by atoms with E-state index in [2.05, 4.69) is 5.32 Å². The second-order valence-electron chi connectivity index (χ2n) is 5.22. The van der Waals surface area contributed by atoms with Crippen molar-refractivity contribution >= 4 is 30.2 Å². The highest BCUT2D eigenvalue weighted by Gasteiger charge is 2.10. The second kappa shape index (κ2) is 11.8. The third-order valence-electron chi connectivity index (χ3n) is 3.37. The van der Waals surface area contributed by atoms with Crippen LogP contribution in [-0.4, -0.2) is 56.8 Å². The first-order chi connectivity index (χ1) is 10.9. The number of aryl methyl sites for hydroxylation is 1. The van der Waals surface area contributed by atoms with Gasteiger partial charge in [0.1, 0.15) is 12.6 Å². The molecule has 1 aromatic carbocycles. The van der Waals surface area contributed by atoms with Crippen LogP contribution in [0.4, 0.5) is 0 Å². The molecule has 1 aromatic rings. The zero-order valence-corrected chi connectivity index (χ0v) is 15.3. The molecule has 1 atom stereocenters. The molecule has 0 saturated carbocycles. The van der Waals surface area contributed by atoms with E-state index in [1.807, 2.05) is 45.5 Å². The van der Waals surface area contributed by atoms with E-state index in [0.717, 1.165) is 23.7 Å². The van der Waals surface area contributed by atoms with E-state index in [9.17, 15) is 14.4 Å². The van der Waals surface area contributed by atoms with E-state index < -0.39 is 0 Å².